The fraction of sp³-hybridized carbons (Fsp3) is 0.667. The zero-order valence-corrected chi connectivity index (χ0v) is 16.3. The molecule has 5 rings (SSSR count). The van der Waals surface area contributed by atoms with E-state index in [2.05, 4.69) is 9.97 Å². The van der Waals surface area contributed by atoms with Gasteiger partial charge in [0.25, 0.3) is 0 Å². The number of carbonyl (C=O) groups is 2. The van der Waals surface area contributed by atoms with Gasteiger partial charge in [0.2, 0.25) is 11.8 Å². The molecule has 1 aliphatic carbocycles. The van der Waals surface area contributed by atoms with Gasteiger partial charge in [-0.1, -0.05) is 37.8 Å². The van der Waals surface area contributed by atoms with Gasteiger partial charge in [-0.25, -0.2) is 4.98 Å². The van der Waals surface area contributed by atoms with Gasteiger partial charge < -0.3 is 19.5 Å². The van der Waals surface area contributed by atoms with Crippen molar-refractivity contribution in [1.82, 2.24) is 19.8 Å². The summed E-state index contributed by atoms with van der Waals surface area (Å²) in [6.07, 6.45) is 14.2. The number of hydrogen-bond donors (Lipinski definition) is 1. The van der Waals surface area contributed by atoms with Crippen LogP contribution in [0.15, 0.2) is 24.5 Å². The van der Waals surface area contributed by atoms with E-state index in [1.54, 1.807) is 24.3 Å². The molecular weight excluding hydrogens is 356 g/mol. The monoisotopic (exact) mass is 384 g/mol. The smallest absolute Gasteiger partial charge is 0.230 e. The SMILES string of the molecule is CN(Cc1ncc[nH]1)C(=O)C1C2C(=O)N(C3CCCCCC3)C[C@@]23C=C[C@@H]1O3. The first-order valence-corrected chi connectivity index (χ1v) is 10.5. The van der Waals surface area contributed by atoms with Crippen molar-refractivity contribution in [2.45, 2.75) is 62.8 Å². The van der Waals surface area contributed by atoms with Gasteiger partial charge in [-0.2, -0.15) is 0 Å². The summed E-state index contributed by atoms with van der Waals surface area (Å²) in [6.45, 7) is 0.999. The van der Waals surface area contributed by atoms with E-state index in [4.69, 9.17) is 4.74 Å². The molecule has 2 amide bonds. The van der Waals surface area contributed by atoms with Gasteiger partial charge in [0.05, 0.1) is 31.0 Å². The Morgan fingerprint density at radius 1 is 1.36 bits per heavy atom. The van der Waals surface area contributed by atoms with Gasteiger partial charge in [-0.05, 0) is 12.8 Å². The number of imidazole rings is 1. The van der Waals surface area contributed by atoms with Crippen LogP contribution in [0.5, 0.6) is 0 Å². The highest BCUT2D eigenvalue weighted by Crippen LogP contribution is 2.53. The minimum atomic E-state index is -0.611. The number of likely N-dealkylation sites (tertiary alicyclic amines) is 1. The highest BCUT2D eigenvalue weighted by molar-refractivity contribution is 5.93. The Balaban J connectivity index is 1.37. The maximum Gasteiger partial charge on any atom is 0.230 e. The number of H-pyrrole nitrogens is 1. The summed E-state index contributed by atoms with van der Waals surface area (Å²) in [7, 11) is 1.77. The van der Waals surface area contributed by atoms with E-state index < -0.39 is 17.4 Å². The molecule has 4 aliphatic rings. The van der Waals surface area contributed by atoms with Crippen molar-refractivity contribution < 1.29 is 14.3 Å². The summed E-state index contributed by atoms with van der Waals surface area (Å²) in [5, 5.41) is 0. The number of aromatic nitrogens is 2. The van der Waals surface area contributed by atoms with Crippen LogP contribution in [0.2, 0.25) is 0 Å². The molecule has 0 radical (unpaired) electrons. The average Bonchev–Trinajstić information content (AvgIpc) is 3.41. The molecule has 1 N–H and O–H groups in total. The molecule has 7 nitrogen and oxygen atoms in total. The van der Waals surface area contributed by atoms with Crippen LogP contribution in [0.1, 0.15) is 44.3 Å². The summed E-state index contributed by atoms with van der Waals surface area (Å²) < 4.78 is 6.28. The number of aromatic amines is 1. The summed E-state index contributed by atoms with van der Waals surface area (Å²) >= 11 is 0. The quantitative estimate of drug-likeness (QED) is 0.635. The summed E-state index contributed by atoms with van der Waals surface area (Å²) in [5.74, 6) is -0.00857. The number of carbonyl (C=O) groups excluding carboxylic acids is 2. The predicted molar refractivity (Wildman–Crippen MR) is 102 cm³/mol. The van der Waals surface area contributed by atoms with Gasteiger partial charge in [0, 0.05) is 25.5 Å². The van der Waals surface area contributed by atoms with Crippen LogP contribution in [-0.2, 0) is 20.9 Å². The second-order valence-corrected chi connectivity index (χ2v) is 8.74. The van der Waals surface area contributed by atoms with Crippen molar-refractivity contribution in [3.8, 4) is 0 Å². The van der Waals surface area contributed by atoms with Crippen molar-refractivity contribution in [2.24, 2.45) is 11.8 Å². The lowest BCUT2D eigenvalue weighted by Crippen LogP contribution is -2.45. The third-order valence-corrected chi connectivity index (χ3v) is 7.00. The molecule has 1 aromatic rings. The normalized spacial score (nSPS) is 34.7. The Kier molecular flexibility index (Phi) is 4.30. The van der Waals surface area contributed by atoms with Crippen molar-refractivity contribution in [3.63, 3.8) is 0 Å². The molecule has 150 valence electrons. The number of fused-ring (bicyclic) bond motifs is 1. The Hall–Kier alpha value is -2.15. The lowest BCUT2D eigenvalue weighted by atomic mass is 9.76. The summed E-state index contributed by atoms with van der Waals surface area (Å²) in [5.41, 5.74) is -0.611. The lowest BCUT2D eigenvalue weighted by Gasteiger charge is -2.30. The fourth-order valence-electron chi connectivity index (χ4n) is 5.63. The standard InChI is InChI=1S/C21H28N4O3/c1-24(12-16-22-10-11-23-16)19(26)17-15-8-9-21(28-15)13-25(20(27)18(17)21)14-6-4-2-3-5-7-14/h8-11,14-15,17-18H,2-7,12-13H2,1H3,(H,22,23)/t15-,17?,18?,21-/m0/s1. The molecule has 1 aromatic heterocycles. The summed E-state index contributed by atoms with van der Waals surface area (Å²) in [4.78, 5) is 37.7. The van der Waals surface area contributed by atoms with Crippen LogP contribution in [-0.4, -0.2) is 62.9 Å². The molecule has 2 bridgehead atoms. The van der Waals surface area contributed by atoms with E-state index in [1.807, 2.05) is 17.1 Å². The zero-order valence-electron chi connectivity index (χ0n) is 16.3. The first-order valence-electron chi connectivity index (χ1n) is 10.5. The third-order valence-electron chi connectivity index (χ3n) is 7.00. The highest BCUT2D eigenvalue weighted by atomic mass is 16.5. The molecular formula is C21H28N4O3. The number of nitrogens with zero attached hydrogens (tertiary/aromatic N) is 3. The fourth-order valence-corrected chi connectivity index (χ4v) is 5.63. The van der Waals surface area contributed by atoms with Crippen molar-refractivity contribution in [1.29, 1.82) is 0 Å². The molecule has 2 unspecified atom stereocenters. The van der Waals surface area contributed by atoms with E-state index in [0.717, 1.165) is 18.7 Å². The van der Waals surface area contributed by atoms with Gasteiger partial charge >= 0.3 is 0 Å². The van der Waals surface area contributed by atoms with Crippen LogP contribution < -0.4 is 0 Å². The maximum absolute atomic E-state index is 13.5. The Morgan fingerprint density at radius 3 is 2.86 bits per heavy atom. The number of ether oxygens (including phenoxy) is 1. The van der Waals surface area contributed by atoms with E-state index in [9.17, 15) is 9.59 Å². The van der Waals surface area contributed by atoms with Crippen molar-refractivity contribution in [3.05, 3.63) is 30.4 Å². The molecule has 3 aliphatic heterocycles. The molecule has 4 atom stereocenters. The first kappa shape index (κ1) is 17.9. The summed E-state index contributed by atoms with van der Waals surface area (Å²) in [6, 6.07) is 0.294. The molecule has 1 spiro atoms. The van der Waals surface area contributed by atoms with E-state index in [1.165, 1.54) is 25.7 Å². The largest absolute Gasteiger partial charge is 0.360 e. The van der Waals surface area contributed by atoms with E-state index in [0.29, 0.717) is 19.1 Å². The number of amides is 2. The maximum atomic E-state index is 13.5. The molecule has 28 heavy (non-hydrogen) atoms. The molecule has 2 saturated heterocycles. The third kappa shape index (κ3) is 2.70. The van der Waals surface area contributed by atoms with Gasteiger partial charge in [-0.15, -0.1) is 0 Å². The van der Waals surface area contributed by atoms with Crippen LogP contribution >= 0.6 is 0 Å². The van der Waals surface area contributed by atoms with Crippen LogP contribution in [0.25, 0.3) is 0 Å². The van der Waals surface area contributed by atoms with Gasteiger partial charge in [0.15, 0.2) is 0 Å². The molecule has 7 heteroatoms. The first-order chi connectivity index (χ1) is 13.6. The Bertz CT molecular complexity index is 784. The average molecular weight is 384 g/mol. The van der Waals surface area contributed by atoms with Crippen molar-refractivity contribution in [2.75, 3.05) is 13.6 Å². The van der Waals surface area contributed by atoms with Gasteiger partial charge in [0.1, 0.15) is 11.4 Å². The van der Waals surface area contributed by atoms with E-state index >= 15 is 0 Å². The minimum Gasteiger partial charge on any atom is -0.360 e. The topological polar surface area (TPSA) is 78.5 Å². The second-order valence-electron chi connectivity index (χ2n) is 8.74. The number of nitrogens with one attached hydrogen (secondary N) is 1. The molecule has 4 heterocycles. The minimum absolute atomic E-state index is 0.0336. The van der Waals surface area contributed by atoms with Crippen molar-refractivity contribution >= 4 is 11.8 Å². The highest BCUT2D eigenvalue weighted by Gasteiger charge is 2.67. The molecule has 3 fully saturated rings. The van der Waals surface area contributed by atoms with Crippen LogP contribution in [0, 0.1) is 11.8 Å². The van der Waals surface area contributed by atoms with Crippen LogP contribution in [0.4, 0.5) is 0 Å². The van der Waals surface area contributed by atoms with E-state index in [-0.39, 0.29) is 17.9 Å². The zero-order chi connectivity index (χ0) is 19.3. The molecule has 0 aromatic carbocycles. The number of hydrogen-bond acceptors (Lipinski definition) is 4. The predicted octanol–water partition coefficient (Wildman–Crippen LogP) is 1.87. The Morgan fingerprint density at radius 2 is 2.14 bits per heavy atom. The second kappa shape index (κ2) is 6.72. The molecule has 1 saturated carbocycles. The lowest BCUT2D eigenvalue weighted by molar-refractivity contribution is -0.143. The Labute approximate surface area is 165 Å². The number of rotatable bonds is 4. The van der Waals surface area contributed by atoms with Crippen LogP contribution in [0.3, 0.4) is 0 Å². The van der Waals surface area contributed by atoms with Gasteiger partial charge in [-0.3, -0.25) is 9.59 Å².